The summed E-state index contributed by atoms with van der Waals surface area (Å²) in [6.07, 6.45) is 3.43. The number of hydrogen-bond donors (Lipinski definition) is 3. The number of carbonyl (C=O) groups is 1. The standard InChI is InChI=1S/C21H20N6O2/c1-13(21(22)28)23-12-16-4-2-14-10-17(5-6-18(14)26-16)29-20-7-3-15(11-24-20)19-8-9-25-27-19/h2-11,13,23H,12H2,1H3,(H2,22,28)(H,25,27). The molecule has 29 heavy (non-hydrogen) atoms. The summed E-state index contributed by atoms with van der Waals surface area (Å²) in [6.45, 7) is 2.19. The Morgan fingerprint density at radius 2 is 2.10 bits per heavy atom. The van der Waals surface area contributed by atoms with Crippen LogP contribution in [0.3, 0.4) is 0 Å². The van der Waals surface area contributed by atoms with Gasteiger partial charge in [-0.05, 0) is 43.3 Å². The number of pyridine rings is 2. The van der Waals surface area contributed by atoms with Crippen molar-refractivity contribution in [2.45, 2.75) is 19.5 Å². The quantitative estimate of drug-likeness (QED) is 0.448. The smallest absolute Gasteiger partial charge is 0.234 e. The minimum absolute atomic E-state index is 0.390. The predicted molar refractivity (Wildman–Crippen MR) is 109 cm³/mol. The van der Waals surface area contributed by atoms with E-state index in [0.717, 1.165) is 27.9 Å². The zero-order valence-corrected chi connectivity index (χ0v) is 15.8. The Hall–Kier alpha value is -3.78. The second-order valence-electron chi connectivity index (χ2n) is 6.62. The number of nitrogens with zero attached hydrogens (tertiary/aromatic N) is 3. The Bertz CT molecular complexity index is 1130. The number of aromatic amines is 1. The highest BCUT2D eigenvalue weighted by atomic mass is 16.5. The van der Waals surface area contributed by atoms with Crippen LogP contribution in [-0.2, 0) is 11.3 Å². The monoisotopic (exact) mass is 388 g/mol. The van der Waals surface area contributed by atoms with Gasteiger partial charge in [0.2, 0.25) is 11.8 Å². The van der Waals surface area contributed by atoms with Crippen LogP contribution < -0.4 is 15.8 Å². The first-order valence-corrected chi connectivity index (χ1v) is 9.14. The minimum Gasteiger partial charge on any atom is -0.439 e. The molecule has 3 aromatic heterocycles. The number of amides is 1. The fourth-order valence-electron chi connectivity index (χ4n) is 2.80. The lowest BCUT2D eigenvalue weighted by molar-refractivity contribution is -0.119. The molecule has 0 spiro atoms. The number of aromatic nitrogens is 4. The van der Waals surface area contributed by atoms with Crippen LogP contribution in [0, 0.1) is 0 Å². The van der Waals surface area contributed by atoms with Crippen molar-refractivity contribution in [2.24, 2.45) is 5.73 Å². The van der Waals surface area contributed by atoms with E-state index in [9.17, 15) is 4.79 Å². The van der Waals surface area contributed by atoms with E-state index in [1.165, 1.54) is 0 Å². The van der Waals surface area contributed by atoms with Crippen molar-refractivity contribution in [3.05, 3.63) is 66.6 Å². The molecular weight excluding hydrogens is 368 g/mol. The van der Waals surface area contributed by atoms with Crippen molar-refractivity contribution in [1.82, 2.24) is 25.5 Å². The van der Waals surface area contributed by atoms with Gasteiger partial charge in [-0.3, -0.25) is 14.9 Å². The van der Waals surface area contributed by atoms with Crippen molar-refractivity contribution in [3.63, 3.8) is 0 Å². The summed E-state index contributed by atoms with van der Waals surface area (Å²) in [7, 11) is 0. The molecule has 0 fully saturated rings. The molecule has 4 aromatic rings. The molecule has 0 bridgehead atoms. The summed E-state index contributed by atoms with van der Waals surface area (Å²) in [5, 5.41) is 10.8. The van der Waals surface area contributed by atoms with Crippen LogP contribution in [0.4, 0.5) is 0 Å². The van der Waals surface area contributed by atoms with Crippen LogP contribution >= 0.6 is 0 Å². The molecule has 0 aliphatic carbocycles. The molecule has 146 valence electrons. The molecule has 0 saturated carbocycles. The Balaban J connectivity index is 1.46. The molecule has 4 rings (SSSR count). The number of fused-ring (bicyclic) bond motifs is 1. The molecule has 1 aromatic carbocycles. The van der Waals surface area contributed by atoms with E-state index in [1.807, 2.05) is 48.5 Å². The molecule has 1 unspecified atom stereocenters. The van der Waals surface area contributed by atoms with E-state index in [0.29, 0.717) is 18.2 Å². The van der Waals surface area contributed by atoms with Crippen molar-refractivity contribution in [1.29, 1.82) is 0 Å². The third-order valence-electron chi connectivity index (χ3n) is 4.50. The van der Waals surface area contributed by atoms with Gasteiger partial charge < -0.3 is 15.8 Å². The number of rotatable bonds is 7. The molecule has 0 radical (unpaired) electrons. The topological polar surface area (TPSA) is 119 Å². The molecular formula is C21H20N6O2. The lowest BCUT2D eigenvalue weighted by atomic mass is 10.2. The number of primary amides is 1. The molecule has 4 N–H and O–H groups in total. The van der Waals surface area contributed by atoms with Crippen LogP contribution in [-0.4, -0.2) is 32.1 Å². The third-order valence-corrected chi connectivity index (χ3v) is 4.50. The number of nitrogens with two attached hydrogens (primary N) is 1. The van der Waals surface area contributed by atoms with E-state index in [2.05, 4.69) is 25.5 Å². The molecule has 0 saturated heterocycles. The van der Waals surface area contributed by atoms with Crippen LogP contribution in [0.1, 0.15) is 12.6 Å². The predicted octanol–water partition coefficient (Wildman–Crippen LogP) is 2.78. The van der Waals surface area contributed by atoms with Gasteiger partial charge in [-0.25, -0.2) is 4.98 Å². The second kappa shape index (κ2) is 8.07. The zero-order valence-electron chi connectivity index (χ0n) is 15.8. The van der Waals surface area contributed by atoms with Gasteiger partial charge in [-0.15, -0.1) is 0 Å². The van der Waals surface area contributed by atoms with Crippen LogP contribution in [0.25, 0.3) is 22.2 Å². The van der Waals surface area contributed by atoms with Gasteiger partial charge in [0.15, 0.2) is 0 Å². The van der Waals surface area contributed by atoms with Gasteiger partial charge in [0.1, 0.15) is 5.75 Å². The highest BCUT2D eigenvalue weighted by Crippen LogP contribution is 2.25. The lowest BCUT2D eigenvalue weighted by Gasteiger charge is -2.10. The first-order chi connectivity index (χ1) is 14.1. The molecule has 3 heterocycles. The number of nitrogens with one attached hydrogen (secondary N) is 2. The van der Waals surface area contributed by atoms with Crippen molar-refractivity contribution < 1.29 is 9.53 Å². The summed E-state index contributed by atoms with van der Waals surface area (Å²) in [4.78, 5) is 20.1. The fraction of sp³-hybridized carbons (Fsp3) is 0.143. The van der Waals surface area contributed by atoms with Crippen molar-refractivity contribution in [2.75, 3.05) is 0 Å². The average molecular weight is 388 g/mol. The highest BCUT2D eigenvalue weighted by Gasteiger charge is 2.08. The van der Waals surface area contributed by atoms with Gasteiger partial charge in [0, 0.05) is 36.0 Å². The highest BCUT2D eigenvalue weighted by molar-refractivity contribution is 5.80. The van der Waals surface area contributed by atoms with Crippen LogP contribution in [0.15, 0.2) is 60.9 Å². The maximum atomic E-state index is 11.1. The van der Waals surface area contributed by atoms with Gasteiger partial charge in [-0.2, -0.15) is 5.10 Å². The number of benzene rings is 1. The molecule has 1 amide bonds. The fourth-order valence-corrected chi connectivity index (χ4v) is 2.80. The first kappa shape index (κ1) is 18.6. The Labute approximate surface area is 167 Å². The number of carbonyl (C=O) groups excluding carboxylic acids is 1. The molecule has 8 heteroatoms. The average Bonchev–Trinajstić information content (AvgIpc) is 3.27. The number of ether oxygens (including phenoxy) is 1. The largest absolute Gasteiger partial charge is 0.439 e. The number of H-pyrrole nitrogens is 1. The van der Waals surface area contributed by atoms with Gasteiger partial charge in [0.25, 0.3) is 0 Å². The maximum Gasteiger partial charge on any atom is 0.234 e. The molecule has 1 atom stereocenters. The maximum absolute atomic E-state index is 11.1. The summed E-state index contributed by atoms with van der Waals surface area (Å²) in [5.74, 6) is 0.787. The Kier molecular flexibility index (Phi) is 5.17. The van der Waals surface area contributed by atoms with E-state index in [1.54, 1.807) is 19.3 Å². The van der Waals surface area contributed by atoms with Crippen molar-refractivity contribution in [3.8, 4) is 22.9 Å². The van der Waals surface area contributed by atoms with Gasteiger partial charge in [-0.1, -0.05) is 6.07 Å². The number of hydrogen-bond acceptors (Lipinski definition) is 6. The van der Waals surface area contributed by atoms with Gasteiger partial charge >= 0.3 is 0 Å². The SMILES string of the molecule is CC(NCc1ccc2cc(Oc3ccc(-c4ccn[nH]4)cn3)ccc2n1)C(N)=O. The second-order valence-corrected chi connectivity index (χ2v) is 6.62. The first-order valence-electron chi connectivity index (χ1n) is 9.14. The van der Waals surface area contributed by atoms with E-state index < -0.39 is 11.9 Å². The van der Waals surface area contributed by atoms with Crippen molar-refractivity contribution >= 4 is 16.8 Å². The lowest BCUT2D eigenvalue weighted by Crippen LogP contribution is -2.38. The summed E-state index contributed by atoms with van der Waals surface area (Å²) in [6, 6.07) is 14.7. The third kappa shape index (κ3) is 4.39. The van der Waals surface area contributed by atoms with E-state index in [-0.39, 0.29) is 0 Å². The molecule has 0 aliphatic rings. The normalized spacial score (nSPS) is 12.0. The molecule has 8 nitrogen and oxygen atoms in total. The summed E-state index contributed by atoms with van der Waals surface area (Å²) < 4.78 is 5.87. The van der Waals surface area contributed by atoms with Crippen LogP contribution in [0.5, 0.6) is 11.6 Å². The Morgan fingerprint density at radius 1 is 1.21 bits per heavy atom. The van der Waals surface area contributed by atoms with Gasteiger partial charge in [0.05, 0.1) is 22.9 Å². The Morgan fingerprint density at radius 3 is 2.83 bits per heavy atom. The minimum atomic E-state index is -0.407. The van der Waals surface area contributed by atoms with E-state index >= 15 is 0 Å². The van der Waals surface area contributed by atoms with Crippen LogP contribution in [0.2, 0.25) is 0 Å². The summed E-state index contributed by atoms with van der Waals surface area (Å²) >= 11 is 0. The van der Waals surface area contributed by atoms with E-state index in [4.69, 9.17) is 10.5 Å². The summed E-state index contributed by atoms with van der Waals surface area (Å²) in [5.41, 5.74) is 8.76. The molecule has 0 aliphatic heterocycles. The zero-order chi connectivity index (χ0) is 20.2.